The molecule has 14 heavy (non-hydrogen) atoms. The number of carbonyl (C=O) groups excluding carboxylic acids is 1. The van der Waals surface area contributed by atoms with Gasteiger partial charge in [-0.25, -0.2) is 8.78 Å². The molecule has 1 aromatic rings. The smallest absolute Gasteiger partial charge is 0.196 e. The van der Waals surface area contributed by atoms with Gasteiger partial charge in [-0.3, -0.25) is 4.79 Å². The first-order valence-corrected chi connectivity index (χ1v) is 4.05. The Kier molecular flexibility index (Phi) is 2.66. The van der Waals surface area contributed by atoms with Crippen LogP contribution in [0.25, 0.3) is 0 Å². The lowest BCUT2D eigenvalue weighted by Crippen LogP contribution is -2.32. The van der Waals surface area contributed by atoms with Gasteiger partial charge in [-0.2, -0.15) is 0 Å². The monoisotopic (exact) mass is 200 g/mol. The first-order valence-electron chi connectivity index (χ1n) is 4.05. The maximum atomic E-state index is 13.1. The fourth-order valence-corrected chi connectivity index (χ4v) is 1.01. The number of benzene rings is 1. The van der Waals surface area contributed by atoms with E-state index in [9.17, 15) is 18.7 Å². The number of hydrogen-bond acceptors (Lipinski definition) is 2. The summed E-state index contributed by atoms with van der Waals surface area (Å²) in [6.45, 7) is 2.44. The van der Waals surface area contributed by atoms with Crippen LogP contribution in [0.15, 0.2) is 18.2 Å². The summed E-state index contributed by atoms with van der Waals surface area (Å²) in [5.74, 6) is -3.16. The Morgan fingerprint density at radius 1 is 1.36 bits per heavy atom. The van der Waals surface area contributed by atoms with Gasteiger partial charge in [-0.05, 0) is 26.0 Å². The lowest BCUT2D eigenvalue weighted by Gasteiger charge is -2.15. The van der Waals surface area contributed by atoms with E-state index in [4.69, 9.17) is 0 Å². The molecule has 0 amide bonds. The minimum Gasteiger partial charge on any atom is -0.382 e. The standard InChI is InChI=1S/C10H10F2O2/c1-10(2,14)9(13)6-4-3-5-7(11)8(6)12/h3-5,14H,1-2H3. The molecule has 0 heterocycles. The third-order valence-electron chi connectivity index (χ3n) is 1.75. The van der Waals surface area contributed by atoms with E-state index in [0.717, 1.165) is 12.1 Å². The number of halogens is 2. The van der Waals surface area contributed by atoms with Gasteiger partial charge in [-0.15, -0.1) is 0 Å². The predicted molar refractivity (Wildman–Crippen MR) is 47.0 cm³/mol. The molecule has 0 atom stereocenters. The van der Waals surface area contributed by atoms with Crippen LogP contribution in [0.3, 0.4) is 0 Å². The van der Waals surface area contributed by atoms with Crippen molar-refractivity contribution < 1.29 is 18.7 Å². The van der Waals surface area contributed by atoms with Crippen LogP contribution in [0.1, 0.15) is 24.2 Å². The number of carbonyl (C=O) groups is 1. The molecule has 1 aromatic carbocycles. The molecule has 0 aliphatic carbocycles. The first-order chi connectivity index (χ1) is 6.34. The molecule has 0 aromatic heterocycles. The van der Waals surface area contributed by atoms with Gasteiger partial charge in [0.2, 0.25) is 0 Å². The Hall–Kier alpha value is -1.29. The Morgan fingerprint density at radius 2 is 1.93 bits per heavy atom. The Labute approximate surface area is 80.2 Å². The number of Topliss-reactive ketones (excluding diaryl/α,β-unsaturated/α-hetero) is 1. The highest BCUT2D eigenvalue weighted by Gasteiger charge is 2.28. The van der Waals surface area contributed by atoms with Gasteiger partial charge >= 0.3 is 0 Å². The number of aliphatic hydroxyl groups is 1. The van der Waals surface area contributed by atoms with Gasteiger partial charge in [0, 0.05) is 0 Å². The lowest BCUT2D eigenvalue weighted by molar-refractivity contribution is 0.0482. The Morgan fingerprint density at radius 3 is 2.43 bits per heavy atom. The average Bonchev–Trinajstić information content (AvgIpc) is 2.07. The van der Waals surface area contributed by atoms with Crippen molar-refractivity contribution in [1.29, 1.82) is 0 Å². The van der Waals surface area contributed by atoms with Gasteiger partial charge in [-0.1, -0.05) is 6.07 Å². The van der Waals surface area contributed by atoms with E-state index in [-0.39, 0.29) is 0 Å². The van der Waals surface area contributed by atoms with Crippen LogP contribution < -0.4 is 0 Å². The molecule has 0 bridgehead atoms. The van der Waals surface area contributed by atoms with Gasteiger partial charge < -0.3 is 5.11 Å². The van der Waals surface area contributed by atoms with Crippen molar-refractivity contribution in [3.8, 4) is 0 Å². The van der Waals surface area contributed by atoms with Gasteiger partial charge in [0.05, 0.1) is 5.56 Å². The van der Waals surface area contributed by atoms with Crippen molar-refractivity contribution in [2.45, 2.75) is 19.4 Å². The van der Waals surface area contributed by atoms with Crippen LogP contribution in [0.4, 0.5) is 8.78 Å². The van der Waals surface area contributed by atoms with E-state index >= 15 is 0 Å². The zero-order chi connectivity index (χ0) is 10.9. The fourth-order valence-electron chi connectivity index (χ4n) is 1.01. The number of ketones is 1. The summed E-state index contributed by atoms with van der Waals surface area (Å²) in [6, 6.07) is 3.27. The van der Waals surface area contributed by atoms with Crippen molar-refractivity contribution >= 4 is 5.78 Å². The van der Waals surface area contributed by atoms with Crippen LogP contribution in [0.2, 0.25) is 0 Å². The summed E-state index contributed by atoms with van der Waals surface area (Å²) in [5, 5.41) is 9.32. The largest absolute Gasteiger partial charge is 0.382 e. The molecular formula is C10H10F2O2. The van der Waals surface area contributed by atoms with Gasteiger partial charge in [0.1, 0.15) is 5.60 Å². The maximum Gasteiger partial charge on any atom is 0.196 e. The van der Waals surface area contributed by atoms with Crippen LogP contribution >= 0.6 is 0 Å². The molecule has 0 saturated carbocycles. The van der Waals surface area contributed by atoms with Crippen LogP contribution in [0, 0.1) is 11.6 Å². The third-order valence-corrected chi connectivity index (χ3v) is 1.75. The molecule has 2 nitrogen and oxygen atoms in total. The molecular weight excluding hydrogens is 190 g/mol. The summed E-state index contributed by atoms with van der Waals surface area (Å²) in [7, 11) is 0. The SMILES string of the molecule is CC(C)(O)C(=O)c1cccc(F)c1F. The molecule has 0 saturated heterocycles. The number of hydrogen-bond donors (Lipinski definition) is 1. The lowest BCUT2D eigenvalue weighted by atomic mass is 9.96. The topological polar surface area (TPSA) is 37.3 Å². The van der Waals surface area contributed by atoms with E-state index in [1.54, 1.807) is 0 Å². The fraction of sp³-hybridized carbons (Fsp3) is 0.300. The van der Waals surface area contributed by atoms with Crippen molar-refractivity contribution in [1.82, 2.24) is 0 Å². The molecule has 4 heteroatoms. The molecule has 1 rings (SSSR count). The van der Waals surface area contributed by atoms with Crippen molar-refractivity contribution in [3.63, 3.8) is 0 Å². The minimum absolute atomic E-state index is 0.433. The summed E-state index contributed by atoms with van der Waals surface area (Å²) < 4.78 is 25.8. The van der Waals surface area contributed by atoms with E-state index in [2.05, 4.69) is 0 Å². The second-order valence-electron chi connectivity index (χ2n) is 3.49. The third kappa shape index (κ3) is 1.96. The Bertz CT molecular complexity index is 367. The molecule has 0 unspecified atom stereocenters. The van der Waals surface area contributed by atoms with Crippen molar-refractivity contribution in [2.75, 3.05) is 0 Å². The Balaban J connectivity index is 3.21. The molecule has 0 radical (unpaired) electrons. The zero-order valence-corrected chi connectivity index (χ0v) is 7.84. The summed E-state index contributed by atoms with van der Waals surface area (Å²) >= 11 is 0. The van der Waals surface area contributed by atoms with E-state index in [0.29, 0.717) is 0 Å². The molecule has 0 fully saturated rings. The second-order valence-corrected chi connectivity index (χ2v) is 3.49. The molecule has 0 aliphatic heterocycles. The van der Waals surface area contributed by atoms with Crippen LogP contribution in [0.5, 0.6) is 0 Å². The molecule has 1 N–H and O–H groups in total. The predicted octanol–water partition coefficient (Wildman–Crippen LogP) is 1.92. The summed E-state index contributed by atoms with van der Waals surface area (Å²) in [5.41, 5.74) is -2.13. The highest BCUT2D eigenvalue weighted by atomic mass is 19.2. The van der Waals surface area contributed by atoms with Crippen LogP contribution in [-0.4, -0.2) is 16.5 Å². The molecule has 0 aliphatic rings. The highest BCUT2D eigenvalue weighted by Crippen LogP contribution is 2.17. The molecule has 0 spiro atoms. The van der Waals surface area contributed by atoms with Crippen molar-refractivity contribution in [2.24, 2.45) is 0 Å². The second kappa shape index (κ2) is 3.46. The molecule has 76 valence electrons. The minimum atomic E-state index is -1.70. The van der Waals surface area contributed by atoms with Gasteiger partial charge in [0.15, 0.2) is 17.4 Å². The van der Waals surface area contributed by atoms with E-state index in [1.807, 2.05) is 0 Å². The highest BCUT2D eigenvalue weighted by molar-refractivity contribution is 6.01. The van der Waals surface area contributed by atoms with Crippen LogP contribution in [-0.2, 0) is 0 Å². The quantitative estimate of drug-likeness (QED) is 0.740. The van der Waals surface area contributed by atoms with E-state index < -0.39 is 28.6 Å². The van der Waals surface area contributed by atoms with E-state index in [1.165, 1.54) is 19.9 Å². The normalized spacial score (nSPS) is 11.5. The zero-order valence-electron chi connectivity index (χ0n) is 7.84. The number of rotatable bonds is 2. The van der Waals surface area contributed by atoms with Gasteiger partial charge in [0.25, 0.3) is 0 Å². The first kappa shape index (κ1) is 10.8. The summed E-state index contributed by atoms with van der Waals surface area (Å²) in [4.78, 5) is 11.4. The maximum absolute atomic E-state index is 13.1. The average molecular weight is 200 g/mol. The summed E-state index contributed by atoms with van der Waals surface area (Å²) in [6.07, 6.45) is 0. The van der Waals surface area contributed by atoms with Crippen molar-refractivity contribution in [3.05, 3.63) is 35.4 Å².